The molecule has 4 nitrogen and oxygen atoms in total. The van der Waals surface area contributed by atoms with Crippen molar-refractivity contribution in [2.75, 3.05) is 6.61 Å². The summed E-state index contributed by atoms with van der Waals surface area (Å²) in [6, 6.07) is 7.44. The van der Waals surface area contributed by atoms with Crippen LogP contribution in [0, 0.1) is 3.57 Å². The van der Waals surface area contributed by atoms with Gasteiger partial charge in [-0.25, -0.2) is 9.97 Å². The lowest BCUT2D eigenvalue weighted by atomic mass is 10.2. The van der Waals surface area contributed by atoms with E-state index in [4.69, 9.17) is 32.7 Å². The van der Waals surface area contributed by atoms with Crippen molar-refractivity contribution in [2.24, 2.45) is 0 Å². The molecule has 3 rings (SSSR count). The third-order valence-electron chi connectivity index (χ3n) is 2.58. The summed E-state index contributed by atoms with van der Waals surface area (Å²) in [4.78, 5) is 8.38. The summed E-state index contributed by atoms with van der Waals surface area (Å²) in [7, 11) is 0. The van der Waals surface area contributed by atoms with E-state index in [0.717, 1.165) is 0 Å². The fourth-order valence-corrected chi connectivity index (χ4v) is 2.34. The summed E-state index contributed by atoms with van der Waals surface area (Å²) >= 11 is 14.0. The molecular formula is C12H7Cl2IN2O2. The van der Waals surface area contributed by atoms with Gasteiger partial charge in [-0.15, -0.1) is 0 Å². The van der Waals surface area contributed by atoms with Crippen LogP contribution in [0.3, 0.4) is 0 Å². The number of nitrogens with zero attached hydrogens (tertiary/aromatic N) is 2. The second-order valence-corrected chi connectivity index (χ2v) is 5.64. The van der Waals surface area contributed by atoms with Crippen LogP contribution in [0.4, 0.5) is 0 Å². The first-order chi connectivity index (χ1) is 9.15. The minimum atomic E-state index is -0.415. The Morgan fingerprint density at radius 3 is 2.42 bits per heavy atom. The first-order valence-electron chi connectivity index (χ1n) is 5.42. The number of halogens is 3. The Kier molecular flexibility index (Phi) is 3.68. The predicted octanol–water partition coefficient (Wildman–Crippen LogP) is 3.90. The predicted molar refractivity (Wildman–Crippen MR) is 80.1 cm³/mol. The van der Waals surface area contributed by atoms with Crippen molar-refractivity contribution in [3.8, 4) is 11.5 Å². The monoisotopic (exact) mass is 408 g/mol. The fourth-order valence-electron chi connectivity index (χ4n) is 1.70. The molecule has 0 aliphatic carbocycles. The zero-order chi connectivity index (χ0) is 13.4. The first kappa shape index (κ1) is 13.2. The smallest absolute Gasteiger partial charge is 0.192 e. The van der Waals surface area contributed by atoms with E-state index in [9.17, 15) is 0 Å². The molecule has 19 heavy (non-hydrogen) atoms. The SMILES string of the molecule is Clc1nc(C2COc3ccccc3O2)nc(Cl)c1I. The van der Waals surface area contributed by atoms with Crippen LogP contribution in [-0.4, -0.2) is 16.6 Å². The van der Waals surface area contributed by atoms with Crippen LogP contribution < -0.4 is 9.47 Å². The van der Waals surface area contributed by atoms with Crippen LogP contribution in [0.15, 0.2) is 24.3 Å². The molecule has 1 atom stereocenters. The summed E-state index contributed by atoms with van der Waals surface area (Å²) in [5.74, 6) is 1.79. The zero-order valence-corrected chi connectivity index (χ0v) is 13.1. The standard InChI is InChI=1S/C12H7Cl2IN2O2/c13-10-9(15)11(14)17-12(16-10)8-5-18-6-3-1-2-4-7(6)19-8/h1-4,8H,5H2. The van der Waals surface area contributed by atoms with Gasteiger partial charge in [0, 0.05) is 0 Å². The van der Waals surface area contributed by atoms with Crippen LogP contribution in [0.2, 0.25) is 10.3 Å². The van der Waals surface area contributed by atoms with Gasteiger partial charge >= 0.3 is 0 Å². The molecule has 0 bridgehead atoms. The normalized spacial score (nSPS) is 17.3. The van der Waals surface area contributed by atoms with Gasteiger partial charge in [-0.2, -0.15) is 0 Å². The molecule has 0 spiro atoms. The second-order valence-electron chi connectivity index (χ2n) is 3.84. The average Bonchev–Trinajstić information content (AvgIpc) is 2.43. The lowest BCUT2D eigenvalue weighted by molar-refractivity contribution is 0.0850. The number of fused-ring (bicyclic) bond motifs is 1. The highest BCUT2D eigenvalue weighted by Gasteiger charge is 2.26. The molecule has 1 aliphatic heterocycles. The van der Waals surface area contributed by atoms with Crippen LogP contribution in [0.25, 0.3) is 0 Å². The largest absolute Gasteiger partial charge is 0.485 e. The quantitative estimate of drug-likeness (QED) is 0.530. The zero-order valence-electron chi connectivity index (χ0n) is 9.44. The molecule has 0 N–H and O–H groups in total. The van der Waals surface area contributed by atoms with Gasteiger partial charge in [0.15, 0.2) is 23.4 Å². The maximum Gasteiger partial charge on any atom is 0.192 e. The van der Waals surface area contributed by atoms with Crippen molar-refractivity contribution >= 4 is 45.8 Å². The average molecular weight is 409 g/mol. The molecule has 1 unspecified atom stereocenters. The van der Waals surface area contributed by atoms with E-state index < -0.39 is 6.10 Å². The Morgan fingerprint density at radius 2 is 1.74 bits per heavy atom. The Labute approximate surface area is 133 Å². The van der Waals surface area contributed by atoms with Gasteiger partial charge in [0.25, 0.3) is 0 Å². The fraction of sp³-hybridized carbons (Fsp3) is 0.167. The number of hydrogen-bond acceptors (Lipinski definition) is 4. The number of ether oxygens (including phenoxy) is 2. The first-order valence-corrected chi connectivity index (χ1v) is 7.25. The molecule has 0 saturated carbocycles. The molecule has 2 heterocycles. The molecule has 2 aromatic rings. The maximum atomic E-state index is 6.00. The molecule has 7 heteroatoms. The number of benzene rings is 1. The van der Waals surface area contributed by atoms with Gasteiger partial charge in [-0.05, 0) is 34.7 Å². The van der Waals surface area contributed by atoms with E-state index >= 15 is 0 Å². The molecule has 1 aromatic carbocycles. The molecule has 0 fully saturated rings. The molecule has 0 amide bonds. The minimum Gasteiger partial charge on any atom is -0.485 e. The van der Waals surface area contributed by atoms with E-state index in [0.29, 0.717) is 37.8 Å². The van der Waals surface area contributed by atoms with Crippen molar-refractivity contribution < 1.29 is 9.47 Å². The third-order valence-corrected chi connectivity index (χ3v) is 4.79. The highest BCUT2D eigenvalue weighted by Crippen LogP contribution is 2.36. The van der Waals surface area contributed by atoms with Gasteiger partial charge in [-0.3, -0.25) is 0 Å². The topological polar surface area (TPSA) is 44.2 Å². The molecule has 0 radical (unpaired) electrons. The second kappa shape index (κ2) is 5.30. The molecule has 1 aromatic heterocycles. The highest BCUT2D eigenvalue weighted by atomic mass is 127. The van der Waals surface area contributed by atoms with Crippen LogP contribution >= 0.6 is 45.8 Å². The number of aromatic nitrogens is 2. The van der Waals surface area contributed by atoms with Crippen molar-refractivity contribution in [3.63, 3.8) is 0 Å². The van der Waals surface area contributed by atoms with Crippen molar-refractivity contribution in [3.05, 3.63) is 44.0 Å². The number of rotatable bonds is 1. The highest BCUT2D eigenvalue weighted by molar-refractivity contribution is 14.1. The van der Waals surface area contributed by atoms with Crippen molar-refractivity contribution in [2.45, 2.75) is 6.10 Å². The molecular weight excluding hydrogens is 402 g/mol. The summed E-state index contributed by atoms with van der Waals surface area (Å²) in [6.45, 7) is 0.324. The van der Waals surface area contributed by atoms with E-state index in [1.54, 1.807) is 0 Å². The molecule has 0 saturated heterocycles. The summed E-state index contributed by atoms with van der Waals surface area (Å²) in [5, 5.41) is 0.635. The summed E-state index contributed by atoms with van der Waals surface area (Å²) < 4.78 is 12.0. The van der Waals surface area contributed by atoms with Gasteiger partial charge in [-0.1, -0.05) is 35.3 Å². The van der Waals surface area contributed by atoms with Crippen LogP contribution in [0.1, 0.15) is 11.9 Å². The Bertz CT molecular complexity index is 616. The van der Waals surface area contributed by atoms with Crippen molar-refractivity contribution in [1.29, 1.82) is 0 Å². The molecule has 1 aliphatic rings. The van der Waals surface area contributed by atoms with E-state index in [-0.39, 0.29) is 0 Å². The van der Waals surface area contributed by atoms with Gasteiger partial charge < -0.3 is 9.47 Å². The van der Waals surface area contributed by atoms with E-state index in [2.05, 4.69) is 9.97 Å². The maximum absolute atomic E-state index is 6.00. The minimum absolute atomic E-state index is 0.318. The Hall–Kier alpha value is -0.790. The summed E-state index contributed by atoms with van der Waals surface area (Å²) in [6.07, 6.45) is -0.415. The Morgan fingerprint density at radius 1 is 1.11 bits per heavy atom. The Balaban J connectivity index is 1.93. The van der Waals surface area contributed by atoms with E-state index in [1.807, 2.05) is 46.9 Å². The lowest BCUT2D eigenvalue weighted by Crippen LogP contribution is -2.23. The van der Waals surface area contributed by atoms with Gasteiger partial charge in [0.1, 0.15) is 16.9 Å². The van der Waals surface area contributed by atoms with Gasteiger partial charge in [0.05, 0.1) is 3.57 Å². The van der Waals surface area contributed by atoms with Crippen LogP contribution in [-0.2, 0) is 0 Å². The molecule has 98 valence electrons. The van der Waals surface area contributed by atoms with Crippen LogP contribution in [0.5, 0.6) is 11.5 Å². The van der Waals surface area contributed by atoms with Gasteiger partial charge in [0.2, 0.25) is 0 Å². The summed E-state index contributed by atoms with van der Waals surface area (Å²) in [5.41, 5.74) is 0. The van der Waals surface area contributed by atoms with E-state index in [1.165, 1.54) is 0 Å². The van der Waals surface area contributed by atoms with Crippen molar-refractivity contribution in [1.82, 2.24) is 9.97 Å². The number of para-hydroxylation sites is 2. The number of hydrogen-bond donors (Lipinski definition) is 0. The third kappa shape index (κ3) is 2.59. The lowest BCUT2D eigenvalue weighted by Gasteiger charge is -2.25.